The molecule has 1 aromatic carbocycles. The molecule has 0 saturated carbocycles. The van der Waals surface area contributed by atoms with Crippen molar-refractivity contribution < 1.29 is 17.9 Å². The van der Waals surface area contributed by atoms with Gasteiger partial charge in [-0.2, -0.15) is 0 Å². The molecule has 2 saturated heterocycles. The van der Waals surface area contributed by atoms with Crippen molar-refractivity contribution in [2.24, 2.45) is 0 Å². The summed E-state index contributed by atoms with van der Waals surface area (Å²) in [5.74, 6) is 0.290. The van der Waals surface area contributed by atoms with Gasteiger partial charge in [0, 0.05) is 30.3 Å². The Morgan fingerprint density at radius 3 is 2.58 bits per heavy atom. The molecule has 0 aliphatic carbocycles. The highest BCUT2D eigenvalue weighted by Gasteiger charge is 2.36. The maximum absolute atomic E-state index is 12.9. The lowest BCUT2D eigenvalue weighted by atomic mass is 10.0. The molecule has 26 heavy (non-hydrogen) atoms. The molecule has 0 spiro atoms. The van der Waals surface area contributed by atoms with Crippen molar-refractivity contribution in [2.45, 2.75) is 61.7 Å². The van der Waals surface area contributed by atoms with Gasteiger partial charge in [-0.25, -0.2) is 13.1 Å². The zero-order valence-electron chi connectivity index (χ0n) is 14.9. The van der Waals surface area contributed by atoms with Crippen LogP contribution in [0.25, 0.3) is 0 Å². The molecule has 0 radical (unpaired) electrons. The number of ether oxygens (including phenoxy) is 2. The van der Waals surface area contributed by atoms with Crippen molar-refractivity contribution in [1.29, 1.82) is 0 Å². The highest BCUT2D eigenvalue weighted by molar-refractivity contribution is 7.89. The van der Waals surface area contributed by atoms with Crippen molar-refractivity contribution in [3.8, 4) is 5.75 Å². The van der Waals surface area contributed by atoms with Gasteiger partial charge in [-0.15, -0.1) is 12.4 Å². The number of methoxy groups -OCH3 is 1. The summed E-state index contributed by atoms with van der Waals surface area (Å²) in [6.07, 6.45) is 3.58. The minimum atomic E-state index is -3.72. The van der Waals surface area contributed by atoms with Crippen LogP contribution in [0.15, 0.2) is 23.1 Å². The predicted octanol–water partition coefficient (Wildman–Crippen LogP) is 2.74. The van der Waals surface area contributed by atoms with E-state index in [1.54, 1.807) is 19.2 Å². The number of hydrogen-bond acceptors (Lipinski definition) is 5. The van der Waals surface area contributed by atoms with Crippen LogP contribution in [0.5, 0.6) is 5.75 Å². The first-order valence-corrected chi connectivity index (χ1v) is 10.5. The van der Waals surface area contributed by atoms with Crippen molar-refractivity contribution in [3.05, 3.63) is 23.2 Å². The monoisotopic (exact) mass is 424 g/mol. The number of halogens is 2. The largest absolute Gasteiger partial charge is 0.487 e. The van der Waals surface area contributed by atoms with Gasteiger partial charge in [0.15, 0.2) is 0 Å². The fourth-order valence-corrected chi connectivity index (χ4v) is 5.37. The zero-order valence-corrected chi connectivity index (χ0v) is 17.3. The Hall–Kier alpha value is -0.570. The van der Waals surface area contributed by atoms with Gasteiger partial charge in [0.2, 0.25) is 10.0 Å². The maximum Gasteiger partial charge on any atom is 0.244 e. The first-order valence-electron chi connectivity index (χ1n) is 8.61. The average molecular weight is 425 g/mol. The zero-order chi connectivity index (χ0) is 18.0. The van der Waals surface area contributed by atoms with Crippen molar-refractivity contribution in [3.63, 3.8) is 0 Å². The molecule has 2 N–H and O–H groups in total. The van der Waals surface area contributed by atoms with E-state index in [1.807, 2.05) is 6.92 Å². The van der Waals surface area contributed by atoms with Gasteiger partial charge in [-0.05, 0) is 50.8 Å². The number of nitrogens with one attached hydrogen (secondary N) is 2. The Bertz CT molecular complexity index is 705. The number of benzene rings is 1. The summed E-state index contributed by atoms with van der Waals surface area (Å²) in [4.78, 5) is 0.0776. The molecule has 6 nitrogen and oxygen atoms in total. The van der Waals surface area contributed by atoms with E-state index >= 15 is 0 Å². The predicted molar refractivity (Wildman–Crippen MR) is 104 cm³/mol. The van der Waals surface area contributed by atoms with Crippen molar-refractivity contribution in [1.82, 2.24) is 10.0 Å². The number of sulfonamides is 1. The van der Waals surface area contributed by atoms with Gasteiger partial charge < -0.3 is 14.8 Å². The lowest BCUT2D eigenvalue weighted by Gasteiger charge is -2.29. The molecule has 9 heteroatoms. The van der Waals surface area contributed by atoms with E-state index in [4.69, 9.17) is 21.1 Å². The van der Waals surface area contributed by atoms with Crippen LogP contribution in [0.4, 0.5) is 0 Å². The van der Waals surface area contributed by atoms with Gasteiger partial charge >= 0.3 is 0 Å². The molecular formula is C17H26Cl2N2O4S. The number of piperidine rings is 1. The van der Waals surface area contributed by atoms with Gasteiger partial charge in [0.1, 0.15) is 16.7 Å². The molecule has 2 bridgehead atoms. The Kier molecular flexibility index (Phi) is 7.59. The van der Waals surface area contributed by atoms with E-state index in [9.17, 15) is 8.42 Å². The Labute approximate surface area is 166 Å². The van der Waals surface area contributed by atoms with Crippen molar-refractivity contribution in [2.75, 3.05) is 13.7 Å². The summed E-state index contributed by atoms with van der Waals surface area (Å²) >= 11 is 6.04. The highest BCUT2D eigenvalue weighted by atomic mass is 35.5. The summed E-state index contributed by atoms with van der Waals surface area (Å²) in [6.45, 7) is 2.19. The van der Waals surface area contributed by atoms with Gasteiger partial charge in [0.25, 0.3) is 0 Å². The lowest BCUT2D eigenvalue weighted by Crippen LogP contribution is -2.48. The topological polar surface area (TPSA) is 76.7 Å². The van der Waals surface area contributed by atoms with Gasteiger partial charge in [-0.3, -0.25) is 0 Å². The number of hydrogen-bond donors (Lipinski definition) is 2. The third-order valence-electron chi connectivity index (χ3n) is 4.72. The lowest BCUT2D eigenvalue weighted by molar-refractivity contribution is 0.0901. The van der Waals surface area contributed by atoms with Crippen LogP contribution in [0.1, 0.15) is 32.6 Å². The summed E-state index contributed by atoms with van der Waals surface area (Å²) in [6, 6.07) is 5.41. The second-order valence-electron chi connectivity index (χ2n) is 6.90. The Morgan fingerprint density at radius 2 is 1.96 bits per heavy atom. The molecule has 148 valence electrons. The molecule has 2 heterocycles. The third kappa shape index (κ3) is 5.24. The number of rotatable bonds is 7. The van der Waals surface area contributed by atoms with E-state index < -0.39 is 10.0 Å². The quantitative estimate of drug-likeness (QED) is 0.703. The third-order valence-corrected chi connectivity index (χ3v) is 6.50. The molecule has 3 atom stereocenters. The SMILES string of the molecule is COCC(C)Oc1ccc(Cl)cc1S(=O)(=O)NC1CC2CCC(C1)N2.Cl. The second kappa shape index (κ2) is 9.08. The first kappa shape index (κ1) is 21.7. The van der Waals surface area contributed by atoms with Gasteiger partial charge in [-0.1, -0.05) is 11.6 Å². The fraction of sp³-hybridized carbons (Fsp3) is 0.647. The van der Waals surface area contributed by atoms with E-state index in [0.717, 1.165) is 25.7 Å². The molecule has 2 aliphatic rings. The average Bonchev–Trinajstić information content (AvgIpc) is 2.87. The summed E-state index contributed by atoms with van der Waals surface area (Å²) in [5.41, 5.74) is 0. The first-order chi connectivity index (χ1) is 11.9. The Balaban J connectivity index is 0.00000243. The van der Waals surface area contributed by atoms with E-state index in [0.29, 0.717) is 29.5 Å². The highest BCUT2D eigenvalue weighted by Crippen LogP contribution is 2.31. The molecule has 2 aliphatic heterocycles. The second-order valence-corrected chi connectivity index (χ2v) is 9.02. The summed E-state index contributed by atoms with van der Waals surface area (Å²) < 4.78 is 39.5. The molecule has 1 aromatic rings. The van der Waals surface area contributed by atoms with Crippen LogP contribution in [0.2, 0.25) is 5.02 Å². The minimum absolute atomic E-state index is 0. The summed E-state index contributed by atoms with van der Waals surface area (Å²) in [5, 5.41) is 3.87. The van der Waals surface area contributed by atoms with Crippen LogP contribution in [0.3, 0.4) is 0 Å². The Morgan fingerprint density at radius 1 is 1.31 bits per heavy atom. The molecule has 3 unspecified atom stereocenters. The van der Waals surface area contributed by atoms with E-state index in [1.165, 1.54) is 6.07 Å². The number of fused-ring (bicyclic) bond motifs is 2. The minimum Gasteiger partial charge on any atom is -0.487 e. The van der Waals surface area contributed by atoms with Crippen LogP contribution in [-0.4, -0.2) is 46.4 Å². The summed E-state index contributed by atoms with van der Waals surface area (Å²) in [7, 11) is -2.15. The van der Waals surface area contributed by atoms with Crippen LogP contribution >= 0.6 is 24.0 Å². The molecular weight excluding hydrogens is 399 g/mol. The fourth-order valence-electron chi connectivity index (χ4n) is 3.71. The molecule has 3 rings (SSSR count). The van der Waals surface area contributed by atoms with E-state index in [-0.39, 0.29) is 29.4 Å². The normalized spacial score (nSPS) is 26.2. The van der Waals surface area contributed by atoms with Gasteiger partial charge in [0.05, 0.1) is 6.61 Å². The molecule has 2 fully saturated rings. The molecule has 0 amide bonds. The smallest absolute Gasteiger partial charge is 0.244 e. The standard InChI is InChI=1S/C17H25ClN2O4S.ClH/c1-11(10-23-2)24-16-6-3-12(18)7-17(16)25(21,22)20-15-8-13-4-5-14(9-15)19-13;/h3,6-7,11,13-15,19-20H,4-5,8-10H2,1-2H3;1H. The molecule has 0 aromatic heterocycles. The van der Waals surface area contributed by atoms with E-state index in [2.05, 4.69) is 10.0 Å². The maximum atomic E-state index is 12.9. The van der Waals surface area contributed by atoms with Crippen molar-refractivity contribution >= 4 is 34.0 Å². The van der Waals surface area contributed by atoms with Crippen LogP contribution < -0.4 is 14.8 Å². The van der Waals surface area contributed by atoms with Crippen LogP contribution in [-0.2, 0) is 14.8 Å². The van der Waals surface area contributed by atoms with Crippen LogP contribution in [0, 0.1) is 0 Å².